The Morgan fingerprint density at radius 2 is 2.00 bits per heavy atom. The zero-order chi connectivity index (χ0) is 18.0. The molecule has 130 valence electrons. The topological polar surface area (TPSA) is 64.0 Å². The molecule has 2 heterocycles. The van der Waals surface area contributed by atoms with E-state index in [0.717, 1.165) is 16.8 Å². The Labute approximate surface area is 154 Å². The second-order valence-electron chi connectivity index (χ2n) is 5.92. The van der Waals surface area contributed by atoms with Crippen LogP contribution in [0.25, 0.3) is 10.2 Å². The fourth-order valence-corrected chi connectivity index (χ4v) is 3.90. The number of fused-ring (bicyclic) bond motifs is 1. The van der Waals surface area contributed by atoms with Crippen molar-refractivity contribution in [1.29, 1.82) is 0 Å². The molecule has 3 aromatic rings. The van der Waals surface area contributed by atoms with Gasteiger partial charge in [0.05, 0.1) is 5.39 Å². The fourth-order valence-electron chi connectivity index (χ4n) is 2.69. The van der Waals surface area contributed by atoms with Crippen molar-refractivity contribution in [2.45, 2.75) is 26.8 Å². The number of benzene rings is 1. The van der Waals surface area contributed by atoms with Crippen molar-refractivity contribution in [3.63, 3.8) is 0 Å². The maximum Gasteiger partial charge on any atom is 0.270 e. The van der Waals surface area contributed by atoms with Crippen molar-refractivity contribution in [3.05, 3.63) is 62.5 Å². The average Bonchev–Trinajstić information content (AvgIpc) is 2.85. The van der Waals surface area contributed by atoms with Crippen LogP contribution in [0.1, 0.15) is 16.8 Å². The number of rotatable bonds is 5. The minimum atomic E-state index is -0.183. The zero-order valence-corrected chi connectivity index (χ0v) is 15.6. The molecule has 0 bridgehead atoms. The quantitative estimate of drug-likeness (QED) is 0.745. The first-order valence-electron chi connectivity index (χ1n) is 7.93. The van der Waals surface area contributed by atoms with Gasteiger partial charge in [-0.15, -0.1) is 0 Å². The number of nitrogens with zero attached hydrogens (tertiary/aromatic N) is 2. The van der Waals surface area contributed by atoms with Gasteiger partial charge in [-0.25, -0.2) is 4.98 Å². The van der Waals surface area contributed by atoms with Crippen LogP contribution in [0.2, 0.25) is 5.02 Å². The van der Waals surface area contributed by atoms with E-state index in [-0.39, 0.29) is 18.0 Å². The van der Waals surface area contributed by atoms with E-state index in [1.807, 2.05) is 44.2 Å². The minimum absolute atomic E-state index is 0.0129. The van der Waals surface area contributed by atoms with Crippen molar-refractivity contribution in [1.82, 2.24) is 14.3 Å². The van der Waals surface area contributed by atoms with E-state index >= 15 is 0 Å². The van der Waals surface area contributed by atoms with Gasteiger partial charge in [0, 0.05) is 17.3 Å². The summed E-state index contributed by atoms with van der Waals surface area (Å²) in [7, 11) is 0. The minimum Gasteiger partial charge on any atom is -0.354 e. The summed E-state index contributed by atoms with van der Waals surface area (Å²) in [6.07, 6.45) is 0.712. The lowest BCUT2D eigenvalue weighted by atomic mass is 10.1. The highest BCUT2D eigenvalue weighted by Crippen LogP contribution is 2.18. The molecule has 0 unspecified atom stereocenters. The average molecular weight is 376 g/mol. The third-order valence-corrected chi connectivity index (χ3v) is 5.12. The lowest BCUT2D eigenvalue weighted by Gasteiger charge is -2.05. The van der Waals surface area contributed by atoms with Crippen LogP contribution >= 0.6 is 23.1 Å². The Morgan fingerprint density at radius 1 is 1.28 bits per heavy atom. The van der Waals surface area contributed by atoms with Gasteiger partial charge in [0.1, 0.15) is 11.4 Å². The number of halogens is 1. The number of nitrogens with one attached hydrogen (secondary N) is 1. The SMILES string of the molecule is Cc1cc(C)c2c(=O)n(CC(=O)NCCc3ccc(Cl)cc3)sc2n1. The lowest BCUT2D eigenvalue weighted by Crippen LogP contribution is -2.31. The summed E-state index contributed by atoms with van der Waals surface area (Å²) in [6.45, 7) is 4.31. The molecule has 0 fully saturated rings. The van der Waals surface area contributed by atoms with Gasteiger partial charge in [-0.3, -0.25) is 13.5 Å². The predicted octanol–water partition coefficient (Wildman–Crippen LogP) is 3.09. The predicted molar refractivity (Wildman–Crippen MR) is 102 cm³/mol. The second kappa shape index (κ2) is 7.37. The Kier molecular flexibility index (Phi) is 5.20. The molecule has 0 atom stereocenters. The molecule has 0 radical (unpaired) electrons. The number of amides is 1. The van der Waals surface area contributed by atoms with Crippen LogP contribution in [-0.4, -0.2) is 21.4 Å². The van der Waals surface area contributed by atoms with Crippen molar-refractivity contribution in [2.24, 2.45) is 0 Å². The standard InChI is InChI=1S/C18H18ClN3O2S/c1-11-9-12(2)21-17-16(11)18(24)22(25-17)10-15(23)20-8-7-13-3-5-14(19)6-4-13/h3-6,9H,7-8,10H2,1-2H3,(H,20,23). The largest absolute Gasteiger partial charge is 0.354 e. The van der Waals surface area contributed by atoms with E-state index in [4.69, 9.17) is 11.6 Å². The van der Waals surface area contributed by atoms with Crippen molar-refractivity contribution in [3.8, 4) is 0 Å². The number of pyridine rings is 1. The molecule has 3 rings (SSSR count). The van der Waals surface area contributed by atoms with Gasteiger partial charge in [-0.2, -0.15) is 0 Å². The highest BCUT2D eigenvalue weighted by Gasteiger charge is 2.14. The molecular formula is C18H18ClN3O2S. The van der Waals surface area contributed by atoms with Crippen LogP contribution in [0.15, 0.2) is 35.1 Å². The number of carbonyl (C=O) groups is 1. The van der Waals surface area contributed by atoms with Gasteiger partial charge in [0.15, 0.2) is 0 Å². The van der Waals surface area contributed by atoms with Gasteiger partial charge in [-0.1, -0.05) is 23.7 Å². The highest BCUT2D eigenvalue weighted by molar-refractivity contribution is 7.13. The van der Waals surface area contributed by atoms with E-state index in [0.29, 0.717) is 28.2 Å². The number of aromatic nitrogens is 2. The molecule has 2 aromatic heterocycles. The summed E-state index contributed by atoms with van der Waals surface area (Å²) in [5.41, 5.74) is 2.70. The van der Waals surface area contributed by atoms with E-state index in [2.05, 4.69) is 10.3 Å². The monoisotopic (exact) mass is 375 g/mol. The summed E-state index contributed by atoms with van der Waals surface area (Å²) in [4.78, 5) is 29.7. The van der Waals surface area contributed by atoms with Gasteiger partial charge in [-0.05, 0) is 61.1 Å². The summed E-state index contributed by atoms with van der Waals surface area (Å²) in [6, 6.07) is 9.40. The van der Waals surface area contributed by atoms with Crippen molar-refractivity contribution in [2.75, 3.05) is 6.54 Å². The maximum absolute atomic E-state index is 12.5. The fraction of sp³-hybridized carbons (Fsp3) is 0.278. The summed E-state index contributed by atoms with van der Waals surface area (Å²) in [5, 5.41) is 4.14. The summed E-state index contributed by atoms with van der Waals surface area (Å²) in [5.74, 6) is -0.183. The molecule has 0 saturated carbocycles. The Hall–Kier alpha value is -2.18. The van der Waals surface area contributed by atoms with Crippen molar-refractivity contribution < 1.29 is 4.79 Å². The first-order chi connectivity index (χ1) is 11.9. The van der Waals surface area contributed by atoms with Gasteiger partial charge in [0.25, 0.3) is 5.56 Å². The zero-order valence-electron chi connectivity index (χ0n) is 14.0. The van der Waals surface area contributed by atoms with Crippen molar-refractivity contribution >= 4 is 39.3 Å². The smallest absolute Gasteiger partial charge is 0.270 e. The molecule has 0 aliphatic carbocycles. The maximum atomic E-state index is 12.5. The molecule has 0 aliphatic heterocycles. The summed E-state index contributed by atoms with van der Waals surface area (Å²) < 4.78 is 1.46. The molecule has 5 nitrogen and oxygen atoms in total. The first kappa shape index (κ1) is 17.6. The second-order valence-corrected chi connectivity index (χ2v) is 7.37. The van der Waals surface area contributed by atoms with Gasteiger partial charge >= 0.3 is 0 Å². The summed E-state index contributed by atoms with van der Waals surface area (Å²) >= 11 is 7.08. The molecule has 1 amide bonds. The lowest BCUT2D eigenvalue weighted by molar-refractivity contribution is -0.121. The van der Waals surface area contributed by atoms with Crippen LogP contribution in [0, 0.1) is 13.8 Å². The van der Waals surface area contributed by atoms with Crippen LogP contribution in [0.5, 0.6) is 0 Å². The molecule has 1 aromatic carbocycles. The molecular weight excluding hydrogens is 358 g/mol. The highest BCUT2D eigenvalue weighted by atomic mass is 35.5. The van der Waals surface area contributed by atoms with Crippen LogP contribution < -0.4 is 10.9 Å². The Bertz CT molecular complexity index is 976. The van der Waals surface area contributed by atoms with Gasteiger partial charge < -0.3 is 5.32 Å². The molecule has 0 saturated heterocycles. The van der Waals surface area contributed by atoms with E-state index in [9.17, 15) is 9.59 Å². The molecule has 0 spiro atoms. The van der Waals surface area contributed by atoms with E-state index < -0.39 is 0 Å². The van der Waals surface area contributed by atoms with Crippen LogP contribution in [0.3, 0.4) is 0 Å². The third kappa shape index (κ3) is 4.08. The van der Waals surface area contributed by atoms with Gasteiger partial charge in [0.2, 0.25) is 5.91 Å². The first-order valence-corrected chi connectivity index (χ1v) is 9.08. The molecule has 7 heteroatoms. The molecule has 25 heavy (non-hydrogen) atoms. The normalized spacial score (nSPS) is 11.0. The Morgan fingerprint density at radius 3 is 2.72 bits per heavy atom. The third-order valence-electron chi connectivity index (χ3n) is 3.88. The number of carbonyl (C=O) groups excluding carboxylic acids is 1. The number of aryl methyl sites for hydroxylation is 2. The van der Waals surface area contributed by atoms with Crippen LogP contribution in [0.4, 0.5) is 0 Å². The number of hydrogen-bond donors (Lipinski definition) is 1. The Balaban J connectivity index is 1.64. The number of hydrogen-bond acceptors (Lipinski definition) is 4. The molecule has 1 N–H and O–H groups in total. The van der Waals surface area contributed by atoms with Crippen LogP contribution in [-0.2, 0) is 17.8 Å². The molecule has 0 aliphatic rings. The van der Waals surface area contributed by atoms with E-state index in [1.165, 1.54) is 15.5 Å². The van der Waals surface area contributed by atoms with E-state index in [1.54, 1.807) is 0 Å².